The summed E-state index contributed by atoms with van der Waals surface area (Å²) in [7, 11) is 0. The molecule has 2 rings (SSSR count). The monoisotopic (exact) mass is 354 g/mol. The molecule has 0 saturated carbocycles. The molecule has 0 atom stereocenters. The van der Waals surface area contributed by atoms with E-state index in [1.54, 1.807) is 19.1 Å². The zero-order chi connectivity index (χ0) is 16.8. The van der Waals surface area contributed by atoms with Crippen molar-refractivity contribution in [2.75, 3.05) is 13.1 Å². The summed E-state index contributed by atoms with van der Waals surface area (Å²) >= 11 is 0. The van der Waals surface area contributed by atoms with Crippen LogP contribution in [0.5, 0.6) is 0 Å². The first-order chi connectivity index (χ1) is 11.0. The summed E-state index contributed by atoms with van der Waals surface area (Å²) in [5.41, 5.74) is 7.25. The lowest BCUT2D eigenvalue weighted by atomic mass is 9.98. The number of carbonyl (C=O) groups is 1. The zero-order valence-electron chi connectivity index (χ0n) is 13.4. The van der Waals surface area contributed by atoms with Crippen molar-refractivity contribution in [3.8, 4) is 11.1 Å². The first kappa shape index (κ1) is 20.1. The summed E-state index contributed by atoms with van der Waals surface area (Å²) in [6.07, 6.45) is 1.62. The first-order valence-corrected chi connectivity index (χ1v) is 7.57. The van der Waals surface area contributed by atoms with E-state index in [-0.39, 0.29) is 29.7 Å². The third-order valence-electron chi connectivity index (χ3n) is 3.63. The first-order valence-electron chi connectivity index (χ1n) is 7.57. The number of hydrogen-bond donors (Lipinski definition) is 2. The van der Waals surface area contributed by atoms with Gasteiger partial charge in [0.1, 0.15) is 11.6 Å². The van der Waals surface area contributed by atoms with Crippen LogP contribution in [-0.2, 0) is 0 Å². The normalized spacial score (nSPS) is 10.2. The van der Waals surface area contributed by atoms with Crippen LogP contribution in [0.15, 0.2) is 36.4 Å². The number of nitrogens with one attached hydrogen (secondary N) is 1. The molecule has 2 aromatic rings. The smallest absolute Gasteiger partial charge is 0.251 e. The van der Waals surface area contributed by atoms with Crippen molar-refractivity contribution in [1.29, 1.82) is 0 Å². The lowest BCUT2D eigenvalue weighted by Gasteiger charge is -2.10. The van der Waals surface area contributed by atoms with Crippen LogP contribution < -0.4 is 11.1 Å². The molecule has 3 nitrogen and oxygen atoms in total. The van der Waals surface area contributed by atoms with Gasteiger partial charge in [-0.2, -0.15) is 0 Å². The average molecular weight is 355 g/mol. The SMILES string of the molecule is Cc1cc(F)ccc1-c1ccc(C(=O)NCCCCN)cc1F.Cl. The summed E-state index contributed by atoms with van der Waals surface area (Å²) in [5.74, 6) is -1.18. The predicted molar refractivity (Wildman–Crippen MR) is 94.4 cm³/mol. The molecule has 0 aliphatic carbocycles. The number of unbranched alkanes of at least 4 members (excludes halogenated alkanes) is 1. The summed E-state index contributed by atoms with van der Waals surface area (Å²) in [5, 5.41) is 2.73. The molecule has 130 valence electrons. The molecule has 0 bridgehead atoms. The molecule has 24 heavy (non-hydrogen) atoms. The van der Waals surface area contributed by atoms with Crippen molar-refractivity contribution in [2.24, 2.45) is 5.73 Å². The summed E-state index contributed by atoms with van der Waals surface area (Å²) in [6, 6.07) is 8.50. The van der Waals surface area contributed by atoms with Crippen LogP contribution in [0.1, 0.15) is 28.8 Å². The van der Waals surface area contributed by atoms with E-state index >= 15 is 0 Å². The molecule has 0 aliphatic heterocycles. The van der Waals surface area contributed by atoms with E-state index in [0.29, 0.717) is 29.8 Å². The molecule has 0 saturated heterocycles. The zero-order valence-corrected chi connectivity index (χ0v) is 14.3. The molecule has 6 heteroatoms. The highest BCUT2D eigenvalue weighted by Gasteiger charge is 2.12. The van der Waals surface area contributed by atoms with Gasteiger partial charge in [-0.25, -0.2) is 8.78 Å². The number of rotatable bonds is 6. The maximum absolute atomic E-state index is 14.3. The predicted octanol–water partition coefficient (Wildman–Crippen LogP) is 3.83. The Kier molecular flexibility index (Phi) is 7.82. The third-order valence-corrected chi connectivity index (χ3v) is 3.63. The number of aryl methyl sites for hydroxylation is 1. The Balaban J connectivity index is 0.00000288. The fourth-order valence-corrected chi connectivity index (χ4v) is 2.38. The molecule has 0 unspecified atom stereocenters. The highest BCUT2D eigenvalue weighted by molar-refractivity contribution is 5.94. The van der Waals surface area contributed by atoms with Crippen LogP contribution in [0.2, 0.25) is 0 Å². The quantitative estimate of drug-likeness (QED) is 0.774. The minimum Gasteiger partial charge on any atom is -0.352 e. The lowest BCUT2D eigenvalue weighted by molar-refractivity contribution is 0.0952. The van der Waals surface area contributed by atoms with Crippen molar-refractivity contribution in [2.45, 2.75) is 19.8 Å². The molecule has 2 aromatic carbocycles. The van der Waals surface area contributed by atoms with E-state index in [0.717, 1.165) is 12.8 Å². The van der Waals surface area contributed by atoms with E-state index in [9.17, 15) is 13.6 Å². The Hall–Kier alpha value is -1.98. The van der Waals surface area contributed by atoms with Crippen LogP contribution >= 0.6 is 12.4 Å². The Morgan fingerprint density at radius 1 is 1.08 bits per heavy atom. The number of benzene rings is 2. The van der Waals surface area contributed by atoms with Gasteiger partial charge in [0.15, 0.2) is 0 Å². The topological polar surface area (TPSA) is 55.1 Å². The molecule has 0 fully saturated rings. The van der Waals surface area contributed by atoms with E-state index in [2.05, 4.69) is 5.32 Å². The van der Waals surface area contributed by atoms with Crippen molar-refractivity contribution in [3.05, 3.63) is 59.2 Å². The molecule has 0 aliphatic rings. The maximum Gasteiger partial charge on any atom is 0.251 e. The largest absolute Gasteiger partial charge is 0.352 e. The van der Waals surface area contributed by atoms with E-state index in [1.807, 2.05) is 0 Å². The Morgan fingerprint density at radius 3 is 2.42 bits per heavy atom. The second kappa shape index (κ2) is 9.35. The maximum atomic E-state index is 14.3. The molecule has 0 aromatic heterocycles. The van der Waals surface area contributed by atoms with Crippen molar-refractivity contribution in [3.63, 3.8) is 0 Å². The van der Waals surface area contributed by atoms with Gasteiger partial charge in [0.25, 0.3) is 5.91 Å². The Morgan fingerprint density at radius 2 is 1.79 bits per heavy atom. The van der Waals surface area contributed by atoms with E-state index in [4.69, 9.17) is 5.73 Å². The second-order valence-corrected chi connectivity index (χ2v) is 5.41. The minimum absolute atomic E-state index is 0. The Bertz CT molecular complexity index is 707. The molecule has 1 amide bonds. The number of halogens is 3. The van der Waals surface area contributed by atoms with Gasteiger partial charge in [-0.05, 0) is 61.7 Å². The molecular formula is C18H21ClF2N2O. The second-order valence-electron chi connectivity index (χ2n) is 5.41. The van der Waals surface area contributed by atoms with Gasteiger partial charge in [-0.15, -0.1) is 12.4 Å². The highest BCUT2D eigenvalue weighted by Crippen LogP contribution is 2.27. The van der Waals surface area contributed by atoms with Crippen LogP contribution in [0.25, 0.3) is 11.1 Å². The van der Waals surface area contributed by atoms with Crippen LogP contribution in [0, 0.1) is 18.6 Å². The van der Waals surface area contributed by atoms with Gasteiger partial charge >= 0.3 is 0 Å². The van der Waals surface area contributed by atoms with Crippen molar-refractivity contribution < 1.29 is 13.6 Å². The molecule has 0 radical (unpaired) electrons. The van der Waals surface area contributed by atoms with Crippen molar-refractivity contribution in [1.82, 2.24) is 5.32 Å². The third kappa shape index (κ3) is 5.01. The van der Waals surface area contributed by atoms with Crippen LogP contribution in [0.3, 0.4) is 0 Å². The Labute approximate surface area is 146 Å². The van der Waals surface area contributed by atoms with Gasteiger partial charge < -0.3 is 11.1 Å². The van der Waals surface area contributed by atoms with Gasteiger partial charge in [-0.1, -0.05) is 12.1 Å². The van der Waals surface area contributed by atoms with Crippen molar-refractivity contribution >= 4 is 18.3 Å². The summed E-state index contributed by atoms with van der Waals surface area (Å²) in [4.78, 5) is 12.0. The van der Waals surface area contributed by atoms with Crippen LogP contribution in [0.4, 0.5) is 8.78 Å². The summed E-state index contributed by atoms with van der Waals surface area (Å²) in [6.45, 7) is 2.81. The molecular weight excluding hydrogens is 334 g/mol. The fourth-order valence-electron chi connectivity index (χ4n) is 2.38. The van der Waals surface area contributed by atoms with E-state index in [1.165, 1.54) is 24.3 Å². The lowest BCUT2D eigenvalue weighted by Crippen LogP contribution is -2.25. The van der Waals surface area contributed by atoms with E-state index < -0.39 is 5.82 Å². The molecule has 0 heterocycles. The van der Waals surface area contributed by atoms with Gasteiger partial charge in [0.05, 0.1) is 0 Å². The number of carbonyl (C=O) groups excluding carboxylic acids is 1. The number of nitrogens with two attached hydrogens (primary N) is 1. The standard InChI is InChI=1S/C18H20F2N2O.ClH/c1-12-10-14(19)5-7-15(12)16-6-4-13(11-17(16)20)18(23)22-9-3-2-8-21;/h4-7,10-11H,2-3,8-9,21H2,1H3,(H,22,23);1H. The molecule has 3 N–H and O–H groups in total. The minimum atomic E-state index is -0.505. The van der Waals surface area contributed by atoms with Gasteiger partial charge in [-0.3, -0.25) is 4.79 Å². The van der Waals surface area contributed by atoms with Gasteiger partial charge in [0, 0.05) is 17.7 Å². The molecule has 0 spiro atoms. The van der Waals surface area contributed by atoms with Gasteiger partial charge in [0.2, 0.25) is 0 Å². The summed E-state index contributed by atoms with van der Waals surface area (Å²) < 4.78 is 27.5. The number of amides is 1. The number of hydrogen-bond acceptors (Lipinski definition) is 2. The fraction of sp³-hybridized carbons (Fsp3) is 0.278. The highest BCUT2D eigenvalue weighted by atomic mass is 35.5. The average Bonchev–Trinajstić information content (AvgIpc) is 2.52. The van der Waals surface area contributed by atoms with Crippen LogP contribution in [-0.4, -0.2) is 19.0 Å².